The maximum Gasteiger partial charge on any atom is 0.210 e. The van der Waals surface area contributed by atoms with Crippen molar-refractivity contribution in [2.45, 2.75) is 6.29 Å². The normalized spacial score (nSPS) is 13.0. The number of nitrogens with zero attached hydrogens (tertiary/aromatic N) is 2. The highest BCUT2D eigenvalue weighted by molar-refractivity contribution is 6.02. The van der Waals surface area contributed by atoms with Crippen molar-refractivity contribution >= 4 is 22.2 Å². The van der Waals surface area contributed by atoms with Crippen LogP contribution in [0.4, 0.5) is 5.69 Å². The number of nitriles is 1. The first-order chi connectivity index (χ1) is 9.26. The minimum Gasteiger partial charge on any atom is -0.362 e. The number of fused-ring (bicyclic) bond motifs is 1. The van der Waals surface area contributed by atoms with E-state index in [-0.39, 0.29) is 5.71 Å². The highest BCUT2D eigenvalue weighted by Crippen LogP contribution is 2.22. The number of aliphatic hydroxyl groups excluding tert-OH is 1. The van der Waals surface area contributed by atoms with Crippen molar-refractivity contribution in [1.29, 1.82) is 5.26 Å². The quantitative estimate of drug-likeness (QED) is 0.498. The SMILES string of the molecule is COC(O)/C(C#N)=N/Nc1cccc2ccccc12. The predicted octanol–water partition coefficient (Wildman–Crippen LogP) is 2.10. The number of benzene rings is 2. The molecule has 0 radical (unpaired) electrons. The van der Waals surface area contributed by atoms with Crippen molar-refractivity contribution in [2.24, 2.45) is 5.10 Å². The summed E-state index contributed by atoms with van der Waals surface area (Å²) in [6, 6.07) is 15.3. The maximum absolute atomic E-state index is 9.39. The summed E-state index contributed by atoms with van der Waals surface area (Å²) >= 11 is 0. The number of hydrogen-bond donors (Lipinski definition) is 2. The Morgan fingerprint density at radius 2 is 2.05 bits per heavy atom. The lowest BCUT2D eigenvalue weighted by Crippen LogP contribution is -2.21. The molecular formula is C14H13N3O2. The number of hydrogen-bond acceptors (Lipinski definition) is 5. The van der Waals surface area contributed by atoms with Gasteiger partial charge in [-0.25, -0.2) is 0 Å². The third-order valence-corrected chi connectivity index (χ3v) is 2.66. The molecule has 0 amide bonds. The third kappa shape index (κ3) is 2.88. The van der Waals surface area contributed by atoms with Crippen LogP contribution in [0.3, 0.4) is 0 Å². The average Bonchev–Trinajstić information content (AvgIpc) is 2.47. The highest BCUT2D eigenvalue weighted by atomic mass is 16.6. The highest BCUT2D eigenvalue weighted by Gasteiger charge is 2.10. The van der Waals surface area contributed by atoms with E-state index in [0.717, 1.165) is 16.5 Å². The van der Waals surface area contributed by atoms with Crippen molar-refractivity contribution < 1.29 is 9.84 Å². The van der Waals surface area contributed by atoms with Gasteiger partial charge in [-0.1, -0.05) is 36.4 Å². The maximum atomic E-state index is 9.39. The fraction of sp³-hybridized carbons (Fsp3) is 0.143. The molecule has 0 saturated heterocycles. The molecule has 0 aliphatic rings. The zero-order valence-electron chi connectivity index (χ0n) is 10.4. The van der Waals surface area contributed by atoms with Crippen LogP contribution < -0.4 is 5.43 Å². The molecule has 0 heterocycles. The van der Waals surface area contributed by atoms with Gasteiger partial charge in [0.1, 0.15) is 6.07 Å². The summed E-state index contributed by atoms with van der Waals surface area (Å²) in [6.45, 7) is 0. The van der Waals surface area contributed by atoms with E-state index < -0.39 is 6.29 Å². The Morgan fingerprint density at radius 3 is 2.79 bits per heavy atom. The monoisotopic (exact) mass is 255 g/mol. The molecule has 2 N–H and O–H groups in total. The zero-order chi connectivity index (χ0) is 13.7. The lowest BCUT2D eigenvalue weighted by molar-refractivity contribution is -0.0189. The number of hydrazone groups is 1. The number of anilines is 1. The van der Waals surface area contributed by atoms with Gasteiger partial charge in [-0.15, -0.1) is 0 Å². The van der Waals surface area contributed by atoms with E-state index in [1.807, 2.05) is 42.5 Å². The Labute approximate surface area is 110 Å². The molecule has 0 aromatic heterocycles. The molecule has 2 rings (SSSR count). The largest absolute Gasteiger partial charge is 0.362 e. The lowest BCUT2D eigenvalue weighted by atomic mass is 10.1. The van der Waals surface area contributed by atoms with Gasteiger partial charge in [0.2, 0.25) is 6.29 Å². The summed E-state index contributed by atoms with van der Waals surface area (Å²) in [6.07, 6.45) is -1.33. The molecule has 19 heavy (non-hydrogen) atoms. The molecule has 0 bridgehead atoms. The first kappa shape index (κ1) is 13.0. The van der Waals surface area contributed by atoms with E-state index in [4.69, 9.17) is 5.26 Å². The molecule has 0 saturated carbocycles. The second kappa shape index (κ2) is 5.96. The zero-order valence-corrected chi connectivity index (χ0v) is 10.4. The summed E-state index contributed by atoms with van der Waals surface area (Å²) in [7, 11) is 1.30. The average molecular weight is 255 g/mol. The second-order valence-corrected chi connectivity index (χ2v) is 3.84. The molecule has 96 valence electrons. The molecule has 5 nitrogen and oxygen atoms in total. The minimum absolute atomic E-state index is 0.129. The van der Waals surface area contributed by atoms with Crippen LogP contribution in [0.2, 0.25) is 0 Å². The Bertz CT molecular complexity index is 641. The molecule has 0 fully saturated rings. The van der Waals surface area contributed by atoms with E-state index >= 15 is 0 Å². The Hall–Kier alpha value is -2.42. The molecule has 0 spiro atoms. The standard InChI is InChI=1S/C14H13N3O2/c1-19-14(18)13(9-15)17-16-12-8-4-6-10-5-2-3-7-11(10)12/h2-8,14,16,18H,1H3/b17-13+. The van der Waals surface area contributed by atoms with Gasteiger partial charge in [-0.05, 0) is 11.5 Å². The van der Waals surface area contributed by atoms with Gasteiger partial charge in [0, 0.05) is 12.5 Å². The number of nitrogens with one attached hydrogen (secondary N) is 1. The van der Waals surface area contributed by atoms with Gasteiger partial charge < -0.3 is 9.84 Å². The van der Waals surface area contributed by atoms with E-state index in [1.54, 1.807) is 6.07 Å². The molecule has 0 aliphatic heterocycles. The van der Waals surface area contributed by atoms with Gasteiger partial charge >= 0.3 is 0 Å². The van der Waals surface area contributed by atoms with Crippen molar-refractivity contribution in [2.75, 3.05) is 12.5 Å². The molecule has 2 aromatic rings. The van der Waals surface area contributed by atoms with Crippen LogP contribution in [0.1, 0.15) is 0 Å². The minimum atomic E-state index is -1.33. The van der Waals surface area contributed by atoms with Crippen LogP contribution in [0.25, 0.3) is 10.8 Å². The molecule has 5 heteroatoms. The van der Waals surface area contributed by atoms with Crippen LogP contribution >= 0.6 is 0 Å². The van der Waals surface area contributed by atoms with Gasteiger partial charge in [-0.3, -0.25) is 5.43 Å². The van der Waals surface area contributed by atoms with Crippen LogP contribution in [0, 0.1) is 11.3 Å². The van der Waals surface area contributed by atoms with E-state index in [9.17, 15) is 5.11 Å². The van der Waals surface area contributed by atoms with Crippen LogP contribution in [0.5, 0.6) is 0 Å². The molecule has 2 aromatic carbocycles. The summed E-state index contributed by atoms with van der Waals surface area (Å²) in [5.74, 6) is 0. The number of ether oxygens (including phenoxy) is 1. The smallest absolute Gasteiger partial charge is 0.210 e. The summed E-state index contributed by atoms with van der Waals surface area (Å²) in [5, 5.41) is 24.2. The van der Waals surface area contributed by atoms with Crippen LogP contribution in [-0.2, 0) is 4.74 Å². The van der Waals surface area contributed by atoms with Gasteiger partial charge in [0.05, 0.1) is 5.69 Å². The topological polar surface area (TPSA) is 77.6 Å². The van der Waals surface area contributed by atoms with Gasteiger partial charge in [-0.2, -0.15) is 10.4 Å². The van der Waals surface area contributed by atoms with Crippen molar-refractivity contribution in [3.8, 4) is 6.07 Å². The second-order valence-electron chi connectivity index (χ2n) is 3.84. The Morgan fingerprint density at radius 1 is 1.32 bits per heavy atom. The third-order valence-electron chi connectivity index (χ3n) is 2.66. The van der Waals surface area contributed by atoms with E-state index in [2.05, 4.69) is 15.3 Å². The molecular weight excluding hydrogens is 242 g/mol. The van der Waals surface area contributed by atoms with E-state index in [1.165, 1.54) is 7.11 Å². The first-order valence-corrected chi connectivity index (χ1v) is 5.68. The predicted molar refractivity (Wildman–Crippen MR) is 73.6 cm³/mol. The Balaban J connectivity index is 2.32. The van der Waals surface area contributed by atoms with Crippen LogP contribution in [0.15, 0.2) is 47.6 Å². The molecule has 1 unspecified atom stereocenters. The van der Waals surface area contributed by atoms with Crippen molar-refractivity contribution in [1.82, 2.24) is 0 Å². The first-order valence-electron chi connectivity index (χ1n) is 5.68. The summed E-state index contributed by atoms with van der Waals surface area (Å²) < 4.78 is 4.64. The number of aliphatic hydroxyl groups is 1. The number of rotatable bonds is 4. The lowest BCUT2D eigenvalue weighted by Gasteiger charge is -2.08. The summed E-state index contributed by atoms with van der Waals surface area (Å²) in [4.78, 5) is 0. The fourth-order valence-electron chi connectivity index (χ4n) is 1.69. The van der Waals surface area contributed by atoms with Crippen molar-refractivity contribution in [3.05, 3.63) is 42.5 Å². The summed E-state index contributed by atoms with van der Waals surface area (Å²) in [5.41, 5.74) is 3.41. The molecule has 0 aliphatic carbocycles. The van der Waals surface area contributed by atoms with Crippen LogP contribution in [-0.4, -0.2) is 24.2 Å². The fourth-order valence-corrected chi connectivity index (χ4v) is 1.69. The van der Waals surface area contributed by atoms with E-state index in [0.29, 0.717) is 0 Å². The Kier molecular flexibility index (Phi) is 4.08. The van der Waals surface area contributed by atoms with Crippen molar-refractivity contribution in [3.63, 3.8) is 0 Å². The number of methoxy groups -OCH3 is 1. The van der Waals surface area contributed by atoms with Gasteiger partial charge in [0.25, 0.3) is 0 Å². The molecule has 1 atom stereocenters. The van der Waals surface area contributed by atoms with Gasteiger partial charge in [0.15, 0.2) is 5.71 Å².